The highest BCUT2D eigenvalue weighted by atomic mass is 16.5. The molecule has 110 valence electrons. The van der Waals surface area contributed by atoms with E-state index >= 15 is 0 Å². The Balaban J connectivity index is 1.90. The molecule has 4 rings (SSSR count). The molecule has 0 aliphatic carbocycles. The van der Waals surface area contributed by atoms with E-state index in [9.17, 15) is 9.90 Å². The topological polar surface area (TPSA) is 63.8 Å². The fourth-order valence-electron chi connectivity index (χ4n) is 2.84. The molecule has 1 aliphatic heterocycles. The number of fused-ring (bicyclic) bond motifs is 3. The van der Waals surface area contributed by atoms with Crippen LogP contribution in [0.15, 0.2) is 48.8 Å². The standard InChI is InChI=1S/C17H14N2O3/c1-10-9-19-8-7-12-13(20)14(21)15(11-5-3-2-4-6-11)22-16(12)17(19)18-10/h2-9,14-15,21H,1H3/t14-,15+/m0/s1. The van der Waals surface area contributed by atoms with E-state index in [0.717, 1.165) is 11.3 Å². The van der Waals surface area contributed by atoms with Crippen molar-refractivity contribution < 1.29 is 14.6 Å². The van der Waals surface area contributed by atoms with Crippen molar-refractivity contribution in [1.82, 2.24) is 9.38 Å². The van der Waals surface area contributed by atoms with Crippen LogP contribution in [0.1, 0.15) is 27.7 Å². The van der Waals surface area contributed by atoms with Crippen LogP contribution in [0.25, 0.3) is 5.65 Å². The molecule has 2 atom stereocenters. The molecule has 0 unspecified atom stereocenters. The lowest BCUT2D eigenvalue weighted by atomic mass is 9.94. The SMILES string of the molecule is Cc1cn2ccc3c(c2n1)O[C@H](c1ccccc1)[C@@H](O)C3=O. The third-order valence-electron chi connectivity index (χ3n) is 3.90. The summed E-state index contributed by atoms with van der Waals surface area (Å²) in [7, 11) is 0. The molecule has 0 bridgehead atoms. The number of Topliss-reactive ketones (excluding diaryl/α,β-unsaturated/α-hetero) is 1. The zero-order valence-corrected chi connectivity index (χ0v) is 11.9. The van der Waals surface area contributed by atoms with Crippen LogP contribution in [-0.4, -0.2) is 26.4 Å². The van der Waals surface area contributed by atoms with Gasteiger partial charge in [0.25, 0.3) is 0 Å². The zero-order chi connectivity index (χ0) is 15.3. The second kappa shape index (κ2) is 4.68. The molecule has 0 fully saturated rings. The molecule has 0 saturated carbocycles. The molecule has 5 nitrogen and oxygen atoms in total. The van der Waals surface area contributed by atoms with Gasteiger partial charge in [-0.2, -0.15) is 0 Å². The summed E-state index contributed by atoms with van der Waals surface area (Å²) < 4.78 is 7.79. The van der Waals surface area contributed by atoms with Crippen LogP contribution in [0.2, 0.25) is 0 Å². The summed E-state index contributed by atoms with van der Waals surface area (Å²) in [4.78, 5) is 16.9. The molecule has 0 saturated heterocycles. The summed E-state index contributed by atoms with van der Waals surface area (Å²) in [5, 5.41) is 10.3. The van der Waals surface area contributed by atoms with E-state index in [1.54, 1.807) is 12.3 Å². The predicted octanol–water partition coefficient (Wildman–Crippen LogP) is 2.32. The Morgan fingerprint density at radius 2 is 2.00 bits per heavy atom. The number of ketones is 1. The zero-order valence-electron chi connectivity index (χ0n) is 11.9. The molecule has 0 amide bonds. The van der Waals surface area contributed by atoms with Crippen molar-refractivity contribution in [3.8, 4) is 5.75 Å². The highest BCUT2D eigenvalue weighted by Crippen LogP contribution is 2.37. The number of aliphatic hydroxyl groups is 1. The number of benzene rings is 1. The van der Waals surface area contributed by atoms with Crippen molar-refractivity contribution in [1.29, 1.82) is 0 Å². The summed E-state index contributed by atoms with van der Waals surface area (Å²) in [6, 6.07) is 10.9. The van der Waals surface area contributed by atoms with E-state index in [1.807, 2.05) is 47.9 Å². The largest absolute Gasteiger partial charge is 0.478 e. The number of carbonyl (C=O) groups excluding carboxylic acids is 1. The molecule has 22 heavy (non-hydrogen) atoms. The molecular weight excluding hydrogens is 280 g/mol. The Morgan fingerprint density at radius 3 is 2.77 bits per heavy atom. The van der Waals surface area contributed by atoms with Gasteiger partial charge < -0.3 is 14.2 Å². The van der Waals surface area contributed by atoms with E-state index in [1.165, 1.54) is 0 Å². The van der Waals surface area contributed by atoms with Gasteiger partial charge in [-0.3, -0.25) is 4.79 Å². The Morgan fingerprint density at radius 1 is 1.23 bits per heavy atom. The average Bonchev–Trinajstić information content (AvgIpc) is 2.92. The van der Waals surface area contributed by atoms with Gasteiger partial charge in [-0.05, 0) is 18.6 Å². The minimum atomic E-state index is -1.21. The third-order valence-corrected chi connectivity index (χ3v) is 3.90. The molecule has 0 spiro atoms. The number of rotatable bonds is 1. The van der Waals surface area contributed by atoms with E-state index in [4.69, 9.17) is 4.74 Å². The number of ether oxygens (including phenoxy) is 1. The van der Waals surface area contributed by atoms with Crippen molar-refractivity contribution in [2.24, 2.45) is 0 Å². The summed E-state index contributed by atoms with van der Waals surface area (Å²) in [5.74, 6) is 0.0954. The monoisotopic (exact) mass is 294 g/mol. The number of aryl methyl sites for hydroxylation is 1. The van der Waals surface area contributed by atoms with Crippen molar-refractivity contribution in [2.45, 2.75) is 19.1 Å². The van der Waals surface area contributed by atoms with Gasteiger partial charge in [-0.15, -0.1) is 0 Å². The number of hydrogen-bond acceptors (Lipinski definition) is 4. The first kappa shape index (κ1) is 13.0. The van der Waals surface area contributed by atoms with Gasteiger partial charge in [0.15, 0.2) is 29.4 Å². The van der Waals surface area contributed by atoms with E-state index in [0.29, 0.717) is 17.0 Å². The van der Waals surface area contributed by atoms with Gasteiger partial charge in [0.05, 0.1) is 11.3 Å². The minimum Gasteiger partial charge on any atom is -0.478 e. The van der Waals surface area contributed by atoms with E-state index in [-0.39, 0.29) is 5.78 Å². The molecule has 5 heteroatoms. The van der Waals surface area contributed by atoms with Crippen LogP contribution >= 0.6 is 0 Å². The summed E-state index contributed by atoms with van der Waals surface area (Å²) in [6.07, 6.45) is 1.69. The molecule has 1 aliphatic rings. The van der Waals surface area contributed by atoms with Gasteiger partial charge >= 0.3 is 0 Å². The molecule has 0 radical (unpaired) electrons. The lowest BCUT2D eigenvalue weighted by molar-refractivity contribution is 0.0221. The number of aromatic nitrogens is 2. The highest BCUT2D eigenvalue weighted by molar-refractivity contribution is 6.04. The first-order chi connectivity index (χ1) is 10.6. The molecule has 1 aromatic carbocycles. The fraction of sp³-hybridized carbons (Fsp3) is 0.176. The highest BCUT2D eigenvalue weighted by Gasteiger charge is 2.38. The van der Waals surface area contributed by atoms with Crippen LogP contribution in [0, 0.1) is 6.92 Å². The summed E-state index contributed by atoms with van der Waals surface area (Å²) in [6.45, 7) is 1.88. The van der Waals surface area contributed by atoms with Crippen molar-refractivity contribution in [3.63, 3.8) is 0 Å². The lowest BCUT2D eigenvalue weighted by Crippen LogP contribution is -2.36. The Bertz CT molecular complexity index is 870. The summed E-state index contributed by atoms with van der Waals surface area (Å²) >= 11 is 0. The number of aliphatic hydroxyl groups excluding tert-OH is 1. The Hall–Kier alpha value is -2.66. The quantitative estimate of drug-likeness (QED) is 0.748. The molecular formula is C17H14N2O3. The lowest BCUT2D eigenvalue weighted by Gasteiger charge is -2.29. The number of nitrogens with zero attached hydrogens (tertiary/aromatic N) is 2. The maximum atomic E-state index is 12.5. The van der Waals surface area contributed by atoms with E-state index < -0.39 is 12.2 Å². The van der Waals surface area contributed by atoms with Crippen LogP contribution in [-0.2, 0) is 0 Å². The Labute approximate surface area is 126 Å². The first-order valence-electron chi connectivity index (χ1n) is 7.07. The number of carbonyl (C=O) groups is 1. The van der Waals surface area contributed by atoms with Gasteiger partial charge in [0.1, 0.15) is 0 Å². The van der Waals surface area contributed by atoms with Gasteiger partial charge in [0.2, 0.25) is 0 Å². The van der Waals surface area contributed by atoms with Crippen molar-refractivity contribution >= 4 is 11.4 Å². The fourth-order valence-corrected chi connectivity index (χ4v) is 2.84. The van der Waals surface area contributed by atoms with Gasteiger partial charge in [0, 0.05) is 12.4 Å². The molecule has 2 aromatic heterocycles. The van der Waals surface area contributed by atoms with Crippen molar-refractivity contribution in [2.75, 3.05) is 0 Å². The predicted molar refractivity (Wildman–Crippen MR) is 80.1 cm³/mol. The van der Waals surface area contributed by atoms with Crippen LogP contribution in [0.5, 0.6) is 5.75 Å². The number of imidazole rings is 1. The molecule has 3 aromatic rings. The maximum Gasteiger partial charge on any atom is 0.199 e. The number of pyridine rings is 1. The Kier molecular flexibility index (Phi) is 2.77. The van der Waals surface area contributed by atoms with Gasteiger partial charge in [-0.1, -0.05) is 30.3 Å². The summed E-state index contributed by atoms with van der Waals surface area (Å²) in [5.41, 5.74) is 2.57. The second-order valence-electron chi connectivity index (χ2n) is 5.43. The third kappa shape index (κ3) is 1.83. The van der Waals surface area contributed by atoms with Crippen LogP contribution in [0.3, 0.4) is 0 Å². The number of hydrogen-bond donors (Lipinski definition) is 1. The van der Waals surface area contributed by atoms with Crippen molar-refractivity contribution in [3.05, 3.63) is 65.6 Å². The molecule has 1 N–H and O–H groups in total. The van der Waals surface area contributed by atoms with E-state index in [2.05, 4.69) is 4.98 Å². The van der Waals surface area contributed by atoms with Gasteiger partial charge in [-0.25, -0.2) is 4.98 Å². The first-order valence-corrected chi connectivity index (χ1v) is 7.07. The minimum absolute atomic E-state index is 0.335. The normalized spacial score (nSPS) is 20.7. The van der Waals surface area contributed by atoms with Crippen LogP contribution in [0.4, 0.5) is 0 Å². The second-order valence-corrected chi connectivity index (χ2v) is 5.43. The average molecular weight is 294 g/mol. The smallest absolute Gasteiger partial charge is 0.199 e. The molecule has 3 heterocycles. The van der Waals surface area contributed by atoms with Crippen LogP contribution < -0.4 is 4.74 Å². The maximum absolute atomic E-state index is 12.5.